The van der Waals surface area contributed by atoms with Crippen LogP contribution in [0.3, 0.4) is 0 Å². The fourth-order valence-corrected chi connectivity index (χ4v) is 1.44. The molecule has 0 bridgehead atoms. The van der Waals surface area contributed by atoms with Gasteiger partial charge in [-0.3, -0.25) is 4.79 Å². The molecule has 0 unspecified atom stereocenters. The van der Waals surface area contributed by atoms with Crippen molar-refractivity contribution in [3.05, 3.63) is 29.6 Å². The summed E-state index contributed by atoms with van der Waals surface area (Å²) in [5.74, 6) is -2.63. The van der Waals surface area contributed by atoms with Crippen LogP contribution >= 0.6 is 0 Å². The zero-order valence-electron chi connectivity index (χ0n) is 10.00. The highest BCUT2D eigenvalue weighted by atomic mass is 19.1. The summed E-state index contributed by atoms with van der Waals surface area (Å²) in [6.45, 7) is 3.14. The molecule has 0 heterocycles. The van der Waals surface area contributed by atoms with Gasteiger partial charge in [0.05, 0.1) is 5.69 Å². The minimum absolute atomic E-state index is 0.0241. The fraction of sp³-hybridized carbons (Fsp3) is 0.333. The number of hydrogen-bond acceptors (Lipinski definition) is 3. The Balaban J connectivity index is 2.75. The van der Waals surface area contributed by atoms with E-state index in [4.69, 9.17) is 5.11 Å². The number of carbonyl (C=O) groups excluding carboxylic acids is 1. The van der Waals surface area contributed by atoms with Crippen molar-refractivity contribution in [2.75, 3.05) is 18.4 Å². The van der Waals surface area contributed by atoms with Crippen molar-refractivity contribution in [2.45, 2.75) is 13.3 Å². The van der Waals surface area contributed by atoms with Gasteiger partial charge in [0, 0.05) is 13.0 Å². The molecule has 0 aliphatic heterocycles. The lowest BCUT2D eigenvalue weighted by molar-refractivity contribution is -0.116. The molecular formula is C12H15FN2O3. The molecule has 0 fully saturated rings. The largest absolute Gasteiger partial charge is 0.478 e. The molecule has 0 radical (unpaired) electrons. The lowest BCUT2D eigenvalue weighted by Crippen LogP contribution is -2.22. The van der Waals surface area contributed by atoms with E-state index < -0.39 is 17.3 Å². The Morgan fingerprint density at radius 2 is 2.11 bits per heavy atom. The Morgan fingerprint density at radius 3 is 2.72 bits per heavy atom. The number of carbonyl (C=O) groups is 2. The number of amides is 1. The second kappa shape index (κ2) is 6.70. The van der Waals surface area contributed by atoms with E-state index in [2.05, 4.69) is 10.6 Å². The number of carboxylic acid groups (broad SMARTS) is 1. The average molecular weight is 254 g/mol. The Labute approximate surface area is 104 Å². The van der Waals surface area contributed by atoms with E-state index in [1.165, 1.54) is 12.1 Å². The van der Waals surface area contributed by atoms with E-state index in [-0.39, 0.29) is 18.0 Å². The molecule has 98 valence electrons. The molecule has 0 aliphatic rings. The maximum atomic E-state index is 13.3. The van der Waals surface area contributed by atoms with Gasteiger partial charge < -0.3 is 15.7 Å². The average Bonchev–Trinajstić information content (AvgIpc) is 2.28. The third kappa shape index (κ3) is 3.81. The van der Waals surface area contributed by atoms with Crippen molar-refractivity contribution >= 4 is 17.6 Å². The second-order valence-corrected chi connectivity index (χ2v) is 3.62. The number of hydrogen-bond donors (Lipinski definition) is 3. The number of rotatable bonds is 6. The topological polar surface area (TPSA) is 78.4 Å². The molecule has 5 nitrogen and oxygen atoms in total. The van der Waals surface area contributed by atoms with Crippen LogP contribution in [-0.4, -0.2) is 30.1 Å². The van der Waals surface area contributed by atoms with Gasteiger partial charge in [0.1, 0.15) is 11.4 Å². The maximum Gasteiger partial charge on any atom is 0.340 e. The van der Waals surface area contributed by atoms with Crippen LogP contribution < -0.4 is 10.6 Å². The number of nitrogens with one attached hydrogen (secondary N) is 2. The number of carboxylic acids is 1. The summed E-state index contributed by atoms with van der Waals surface area (Å²) < 4.78 is 13.3. The SMILES string of the molecule is CCNCCC(=O)Nc1cccc(F)c1C(=O)O. The Kier molecular flexibility index (Phi) is 5.26. The third-order valence-corrected chi connectivity index (χ3v) is 2.28. The molecule has 0 saturated heterocycles. The first-order valence-electron chi connectivity index (χ1n) is 5.58. The quantitative estimate of drug-likeness (QED) is 0.672. The minimum atomic E-state index is -1.41. The normalized spacial score (nSPS) is 10.1. The summed E-state index contributed by atoms with van der Waals surface area (Å²) in [4.78, 5) is 22.4. The Morgan fingerprint density at radius 1 is 1.39 bits per heavy atom. The van der Waals surface area contributed by atoms with Gasteiger partial charge in [-0.2, -0.15) is 0 Å². The van der Waals surface area contributed by atoms with E-state index in [0.717, 1.165) is 12.6 Å². The fourth-order valence-electron chi connectivity index (χ4n) is 1.44. The van der Waals surface area contributed by atoms with Gasteiger partial charge in [-0.05, 0) is 18.7 Å². The maximum absolute atomic E-state index is 13.3. The van der Waals surface area contributed by atoms with Crippen LogP contribution in [0, 0.1) is 5.82 Å². The molecule has 3 N–H and O–H groups in total. The van der Waals surface area contributed by atoms with Gasteiger partial charge in [0.15, 0.2) is 0 Å². The summed E-state index contributed by atoms with van der Waals surface area (Å²) in [6, 6.07) is 3.75. The van der Waals surface area contributed by atoms with Gasteiger partial charge >= 0.3 is 5.97 Å². The molecule has 1 rings (SSSR count). The van der Waals surface area contributed by atoms with Crippen molar-refractivity contribution in [3.8, 4) is 0 Å². The van der Waals surface area contributed by atoms with Gasteiger partial charge in [0.25, 0.3) is 0 Å². The standard InChI is InChI=1S/C12H15FN2O3/c1-2-14-7-6-10(16)15-9-5-3-4-8(13)11(9)12(17)18/h3-5,14H,2,6-7H2,1H3,(H,15,16)(H,17,18). The van der Waals surface area contributed by atoms with Crippen molar-refractivity contribution in [1.82, 2.24) is 5.32 Å². The first-order valence-corrected chi connectivity index (χ1v) is 5.58. The Bertz CT molecular complexity index is 449. The van der Waals surface area contributed by atoms with Crippen LogP contribution in [0.1, 0.15) is 23.7 Å². The molecular weight excluding hydrogens is 239 g/mol. The lowest BCUT2D eigenvalue weighted by Gasteiger charge is -2.09. The van der Waals surface area contributed by atoms with Crippen LogP contribution in [0.15, 0.2) is 18.2 Å². The van der Waals surface area contributed by atoms with E-state index >= 15 is 0 Å². The Hall–Kier alpha value is -1.95. The molecule has 1 aromatic carbocycles. The summed E-state index contributed by atoms with van der Waals surface area (Å²) in [7, 11) is 0. The van der Waals surface area contributed by atoms with Crippen LogP contribution in [0.5, 0.6) is 0 Å². The first-order chi connectivity index (χ1) is 8.56. The van der Waals surface area contributed by atoms with Crippen LogP contribution in [0.25, 0.3) is 0 Å². The highest BCUT2D eigenvalue weighted by molar-refractivity contribution is 6.00. The second-order valence-electron chi connectivity index (χ2n) is 3.62. The van der Waals surface area contributed by atoms with Crippen molar-refractivity contribution in [2.24, 2.45) is 0 Å². The molecule has 1 aromatic rings. The third-order valence-electron chi connectivity index (χ3n) is 2.28. The van der Waals surface area contributed by atoms with Crippen LogP contribution in [-0.2, 0) is 4.79 Å². The molecule has 0 aromatic heterocycles. The van der Waals surface area contributed by atoms with Gasteiger partial charge in [0.2, 0.25) is 5.91 Å². The van der Waals surface area contributed by atoms with E-state index in [1.54, 1.807) is 0 Å². The summed E-state index contributed by atoms with van der Waals surface area (Å²) in [6.07, 6.45) is 0.198. The summed E-state index contributed by atoms with van der Waals surface area (Å²) in [5, 5.41) is 14.2. The molecule has 1 amide bonds. The van der Waals surface area contributed by atoms with Crippen molar-refractivity contribution in [3.63, 3.8) is 0 Å². The molecule has 0 saturated carbocycles. The van der Waals surface area contributed by atoms with E-state index in [0.29, 0.717) is 6.54 Å². The minimum Gasteiger partial charge on any atom is -0.478 e. The van der Waals surface area contributed by atoms with Gasteiger partial charge in [-0.15, -0.1) is 0 Å². The van der Waals surface area contributed by atoms with E-state index in [1.807, 2.05) is 6.92 Å². The van der Waals surface area contributed by atoms with Crippen LogP contribution in [0.4, 0.5) is 10.1 Å². The number of anilines is 1. The predicted octanol–water partition coefficient (Wildman–Crippen LogP) is 1.46. The van der Waals surface area contributed by atoms with Gasteiger partial charge in [-0.25, -0.2) is 9.18 Å². The summed E-state index contributed by atoms with van der Waals surface area (Å²) >= 11 is 0. The number of aromatic carboxylic acids is 1. The van der Waals surface area contributed by atoms with Gasteiger partial charge in [-0.1, -0.05) is 13.0 Å². The highest BCUT2D eigenvalue weighted by Gasteiger charge is 2.16. The van der Waals surface area contributed by atoms with Crippen molar-refractivity contribution in [1.29, 1.82) is 0 Å². The summed E-state index contributed by atoms with van der Waals surface area (Å²) in [5.41, 5.74) is -0.543. The monoisotopic (exact) mass is 254 g/mol. The zero-order chi connectivity index (χ0) is 13.5. The molecule has 0 atom stereocenters. The first kappa shape index (κ1) is 14.1. The lowest BCUT2D eigenvalue weighted by atomic mass is 10.1. The van der Waals surface area contributed by atoms with Crippen LogP contribution in [0.2, 0.25) is 0 Å². The molecule has 0 spiro atoms. The molecule has 18 heavy (non-hydrogen) atoms. The number of benzene rings is 1. The van der Waals surface area contributed by atoms with Crippen molar-refractivity contribution < 1.29 is 19.1 Å². The van der Waals surface area contributed by atoms with E-state index in [9.17, 15) is 14.0 Å². The smallest absolute Gasteiger partial charge is 0.340 e. The highest BCUT2D eigenvalue weighted by Crippen LogP contribution is 2.19. The zero-order valence-corrected chi connectivity index (χ0v) is 10.00. The molecule has 0 aliphatic carbocycles. The molecule has 6 heteroatoms. The predicted molar refractivity (Wildman–Crippen MR) is 65.1 cm³/mol. The number of halogens is 1.